The molecular weight excluding hydrogens is 226 g/mol. The fourth-order valence-electron chi connectivity index (χ4n) is 2.27. The van der Waals surface area contributed by atoms with Gasteiger partial charge in [0.2, 0.25) is 0 Å². The zero-order chi connectivity index (χ0) is 12.4. The molecule has 0 spiro atoms. The van der Waals surface area contributed by atoms with Gasteiger partial charge in [0.15, 0.2) is 0 Å². The van der Waals surface area contributed by atoms with Crippen LogP contribution in [0.15, 0.2) is 30.6 Å². The Kier molecular flexibility index (Phi) is 2.98. The third-order valence-electron chi connectivity index (χ3n) is 3.14. The van der Waals surface area contributed by atoms with Gasteiger partial charge >= 0.3 is 0 Å². The molecule has 1 aliphatic heterocycles. The Morgan fingerprint density at radius 2 is 2.11 bits per heavy atom. The topological polar surface area (TPSA) is 46.0 Å². The highest BCUT2D eigenvalue weighted by atomic mass is 15.4. The second kappa shape index (κ2) is 4.78. The van der Waals surface area contributed by atoms with Crippen molar-refractivity contribution in [1.29, 1.82) is 0 Å². The van der Waals surface area contributed by atoms with Gasteiger partial charge in [-0.15, -0.1) is 0 Å². The van der Waals surface area contributed by atoms with Crippen LogP contribution in [0.25, 0.3) is 5.69 Å². The summed E-state index contributed by atoms with van der Waals surface area (Å²) in [6.07, 6.45) is 3.63. The Hall–Kier alpha value is -1.88. The van der Waals surface area contributed by atoms with Crippen molar-refractivity contribution in [1.82, 2.24) is 20.1 Å². The number of piperazine rings is 1. The Bertz CT molecular complexity index is 513. The molecule has 18 heavy (non-hydrogen) atoms. The Morgan fingerprint density at radius 1 is 1.28 bits per heavy atom. The second-order valence-corrected chi connectivity index (χ2v) is 4.50. The number of hydrogen-bond acceptors (Lipinski definition) is 4. The summed E-state index contributed by atoms with van der Waals surface area (Å²) >= 11 is 0. The van der Waals surface area contributed by atoms with Gasteiger partial charge in [-0.2, -0.15) is 5.10 Å². The van der Waals surface area contributed by atoms with Crippen molar-refractivity contribution < 1.29 is 0 Å². The van der Waals surface area contributed by atoms with E-state index < -0.39 is 0 Å². The molecule has 5 heteroatoms. The second-order valence-electron chi connectivity index (χ2n) is 4.50. The van der Waals surface area contributed by atoms with E-state index in [2.05, 4.69) is 26.4 Å². The number of aromatic nitrogens is 3. The van der Waals surface area contributed by atoms with Gasteiger partial charge in [-0.1, -0.05) is 0 Å². The van der Waals surface area contributed by atoms with E-state index >= 15 is 0 Å². The van der Waals surface area contributed by atoms with Gasteiger partial charge in [0.1, 0.15) is 5.82 Å². The van der Waals surface area contributed by atoms with Gasteiger partial charge in [-0.3, -0.25) is 4.98 Å². The first-order valence-corrected chi connectivity index (χ1v) is 6.27. The van der Waals surface area contributed by atoms with Gasteiger partial charge in [0, 0.05) is 38.4 Å². The van der Waals surface area contributed by atoms with E-state index in [1.165, 1.54) is 0 Å². The Labute approximate surface area is 106 Å². The van der Waals surface area contributed by atoms with Crippen molar-refractivity contribution in [2.45, 2.75) is 6.92 Å². The minimum absolute atomic E-state index is 1.01. The molecule has 94 valence electrons. The highest BCUT2D eigenvalue weighted by molar-refractivity contribution is 5.48. The number of rotatable bonds is 2. The summed E-state index contributed by atoms with van der Waals surface area (Å²) < 4.78 is 1.98. The molecule has 3 heterocycles. The van der Waals surface area contributed by atoms with Gasteiger partial charge in [-0.25, -0.2) is 4.68 Å². The van der Waals surface area contributed by atoms with E-state index in [0.717, 1.165) is 43.4 Å². The van der Waals surface area contributed by atoms with Crippen LogP contribution in [0.3, 0.4) is 0 Å². The van der Waals surface area contributed by atoms with Gasteiger partial charge in [0.25, 0.3) is 0 Å². The maximum absolute atomic E-state index is 4.57. The normalized spacial score (nSPS) is 15.9. The minimum Gasteiger partial charge on any atom is -0.354 e. The first kappa shape index (κ1) is 11.2. The zero-order valence-electron chi connectivity index (χ0n) is 10.5. The van der Waals surface area contributed by atoms with Crippen molar-refractivity contribution in [2.75, 3.05) is 31.1 Å². The fourth-order valence-corrected chi connectivity index (χ4v) is 2.27. The van der Waals surface area contributed by atoms with Gasteiger partial charge in [-0.05, 0) is 19.1 Å². The molecule has 2 aromatic rings. The number of anilines is 1. The van der Waals surface area contributed by atoms with Crippen LogP contribution in [0.4, 0.5) is 5.82 Å². The molecule has 1 N–H and O–H groups in total. The van der Waals surface area contributed by atoms with Crippen LogP contribution in [0, 0.1) is 6.92 Å². The number of hydrogen-bond donors (Lipinski definition) is 1. The zero-order valence-corrected chi connectivity index (χ0v) is 10.5. The lowest BCUT2D eigenvalue weighted by Gasteiger charge is -2.29. The lowest BCUT2D eigenvalue weighted by Crippen LogP contribution is -2.44. The lowest BCUT2D eigenvalue weighted by molar-refractivity contribution is 0.579. The van der Waals surface area contributed by atoms with Crippen molar-refractivity contribution in [3.63, 3.8) is 0 Å². The summed E-state index contributed by atoms with van der Waals surface area (Å²) in [5.74, 6) is 1.15. The molecule has 0 unspecified atom stereocenters. The predicted molar refractivity (Wildman–Crippen MR) is 71.2 cm³/mol. The Morgan fingerprint density at radius 3 is 2.83 bits per heavy atom. The van der Waals surface area contributed by atoms with Crippen molar-refractivity contribution in [2.24, 2.45) is 0 Å². The quantitative estimate of drug-likeness (QED) is 0.854. The highest BCUT2D eigenvalue weighted by Crippen LogP contribution is 2.20. The largest absolute Gasteiger partial charge is 0.354 e. The first-order chi connectivity index (χ1) is 8.84. The van der Waals surface area contributed by atoms with E-state index in [-0.39, 0.29) is 0 Å². The molecular formula is C13H17N5. The molecule has 0 bridgehead atoms. The molecule has 0 atom stereocenters. The summed E-state index contributed by atoms with van der Waals surface area (Å²) in [7, 11) is 0. The molecule has 0 aromatic carbocycles. The van der Waals surface area contributed by atoms with Gasteiger partial charge < -0.3 is 10.2 Å². The summed E-state index contributed by atoms with van der Waals surface area (Å²) in [4.78, 5) is 6.53. The molecule has 1 aliphatic rings. The minimum atomic E-state index is 1.01. The average Bonchev–Trinajstić information content (AvgIpc) is 2.83. The number of aryl methyl sites for hydroxylation is 1. The van der Waals surface area contributed by atoms with Crippen LogP contribution in [-0.2, 0) is 0 Å². The summed E-state index contributed by atoms with van der Waals surface area (Å²) in [6.45, 7) is 6.11. The third kappa shape index (κ3) is 2.09. The number of nitrogens with zero attached hydrogens (tertiary/aromatic N) is 4. The molecule has 0 aliphatic carbocycles. The van der Waals surface area contributed by atoms with Crippen LogP contribution in [0.1, 0.15) is 5.69 Å². The van der Waals surface area contributed by atoms with Crippen molar-refractivity contribution >= 4 is 5.82 Å². The van der Waals surface area contributed by atoms with E-state index in [4.69, 9.17) is 0 Å². The molecule has 3 rings (SSSR count). The summed E-state index contributed by atoms with van der Waals surface area (Å²) in [5, 5.41) is 7.94. The van der Waals surface area contributed by atoms with E-state index in [0.29, 0.717) is 0 Å². The van der Waals surface area contributed by atoms with Crippen LogP contribution in [-0.4, -0.2) is 40.9 Å². The monoisotopic (exact) mass is 243 g/mol. The first-order valence-electron chi connectivity index (χ1n) is 6.27. The molecule has 0 amide bonds. The van der Waals surface area contributed by atoms with Gasteiger partial charge in [0.05, 0.1) is 17.6 Å². The smallest absolute Gasteiger partial charge is 0.132 e. The molecule has 0 saturated carbocycles. The van der Waals surface area contributed by atoms with Crippen molar-refractivity contribution in [3.8, 4) is 5.69 Å². The highest BCUT2D eigenvalue weighted by Gasteiger charge is 2.16. The molecule has 0 radical (unpaired) electrons. The average molecular weight is 243 g/mol. The standard InChI is InChI=1S/C13H17N5/c1-11-9-13(17-7-5-14-6-8-17)18(16-11)12-3-2-4-15-10-12/h2-4,9-10,14H,5-8H2,1H3. The van der Waals surface area contributed by atoms with E-state index in [1.54, 1.807) is 6.20 Å². The van der Waals surface area contributed by atoms with Crippen molar-refractivity contribution in [3.05, 3.63) is 36.3 Å². The van der Waals surface area contributed by atoms with Crippen LogP contribution in [0.2, 0.25) is 0 Å². The molecule has 1 saturated heterocycles. The molecule has 5 nitrogen and oxygen atoms in total. The molecule has 1 fully saturated rings. The molecule has 2 aromatic heterocycles. The number of nitrogens with one attached hydrogen (secondary N) is 1. The van der Waals surface area contributed by atoms with E-state index in [9.17, 15) is 0 Å². The summed E-state index contributed by atoms with van der Waals surface area (Å²) in [6, 6.07) is 6.11. The maximum Gasteiger partial charge on any atom is 0.132 e. The maximum atomic E-state index is 4.57. The Balaban J connectivity index is 1.99. The lowest BCUT2D eigenvalue weighted by atomic mass is 10.3. The van der Waals surface area contributed by atoms with E-state index in [1.807, 2.05) is 29.9 Å². The SMILES string of the molecule is Cc1cc(N2CCNCC2)n(-c2cccnc2)n1. The van der Waals surface area contributed by atoms with Crippen LogP contribution < -0.4 is 10.2 Å². The van der Waals surface area contributed by atoms with Crippen LogP contribution >= 0.6 is 0 Å². The number of pyridine rings is 1. The predicted octanol–water partition coefficient (Wildman–Crippen LogP) is 0.985. The van der Waals surface area contributed by atoms with Crippen LogP contribution in [0.5, 0.6) is 0 Å². The summed E-state index contributed by atoms with van der Waals surface area (Å²) in [5.41, 5.74) is 2.05. The third-order valence-corrected chi connectivity index (χ3v) is 3.14. The fraction of sp³-hybridized carbons (Fsp3) is 0.385.